The van der Waals surface area contributed by atoms with Crippen LogP contribution < -0.4 is 26.8 Å². The second-order valence-electron chi connectivity index (χ2n) is 2.32. The van der Waals surface area contributed by atoms with Gasteiger partial charge in [0.2, 0.25) is 0 Å². The molecule has 7 heteroatoms. The van der Waals surface area contributed by atoms with Crippen molar-refractivity contribution in [3.8, 4) is 0 Å². The zero-order valence-corrected chi connectivity index (χ0v) is 7.10. The van der Waals surface area contributed by atoms with E-state index in [-0.39, 0.29) is 12.3 Å². The smallest absolute Gasteiger partial charge is 0.182 e. The molecule has 0 aromatic heterocycles. The van der Waals surface area contributed by atoms with Crippen LogP contribution in [0.2, 0.25) is 0 Å². The number of rotatable bonds is 0. The van der Waals surface area contributed by atoms with E-state index >= 15 is 0 Å². The maximum atomic E-state index is 4.90. The molecular weight excluding hydrogens is 182 g/mol. The number of hydrogen-bond donors (Lipinski definition) is 5. The molecule has 2 heterocycles. The summed E-state index contributed by atoms with van der Waals surface area (Å²) in [6, 6.07) is 0. The molecule has 0 spiro atoms. The minimum atomic E-state index is 0.0521. The van der Waals surface area contributed by atoms with Gasteiger partial charge in [0.15, 0.2) is 10.2 Å². The molecule has 60 valence electrons. The van der Waals surface area contributed by atoms with Crippen molar-refractivity contribution in [1.29, 1.82) is 0 Å². The highest BCUT2D eigenvalue weighted by Gasteiger charge is 2.32. The summed E-state index contributed by atoms with van der Waals surface area (Å²) in [5.74, 6) is 0. The largest absolute Gasteiger partial charge is 0.342 e. The Morgan fingerprint density at radius 3 is 2.36 bits per heavy atom. The molecule has 0 amide bonds. The van der Waals surface area contributed by atoms with Crippen LogP contribution in [0, 0.1) is 0 Å². The lowest BCUT2D eigenvalue weighted by Crippen LogP contribution is -2.67. The van der Waals surface area contributed by atoms with Crippen LogP contribution in [-0.2, 0) is 0 Å². The molecule has 5 N–H and O–H groups in total. The van der Waals surface area contributed by atoms with Crippen LogP contribution >= 0.6 is 24.4 Å². The molecule has 0 aromatic rings. The second-order valence-corrected chi connectivity index (χ2v) is 3.13. The van der Waals surface area contributed by atoms with Crippen LogP contribution in [0.3, 0.4) is 0 Å². The molecule has 2 fully saturated rings. The Balaban J connectivity index is 2.08. The third kappa shape index (κ3) is 1.22. The van der Waals surface area contributed by atoms with E-state index in [0.717, 1.165) is 0 Å². The highest BCUT2D eigenvalue weighted by Crippen LogP contribution is 1.97. The standard InChI is InChI=1S/C4H7N5S2/c10-3-5-1-2(7-3)8-9-4(11)6-1/h1-2,8H,(H2,5,7,10)(H2,6,9,11). The predicted octanol–water partition coefficient (Wildman–Crippen LogP) is -1.90. The summed E-state index contributed by atoms with van der Waals surface area (Å²) in [7, 11) is 0. The van der Waals surface area contributed by atoms with E-state index in [0.29, 0.717) is 10.2 Å². The van der Waals surface area contributed by atoms with E-state index in [4.69, 9.17) is 24.4 Å². The molecular formula is C4H7N5S2. The van der Waals surface area contributed by atoms with E-state index in [9.17, 15) is 0 Å². The van der Waals surface area contributed by atoms with Crippen molar-refractivity contribution >= 4 is 34.7 Å². The lowest BCUT2D eigenvalue weighted by molar-refractivity contribution is 0.357. The lowest BCUT2D eigenvalue weighted by Gasteiger charge is -2.28. The molecule has 2 saturated heterocycles. The molecule has 2 unspecified atom stereocenters. The van der Waals surface area contributed by atoms with Gasteiger partial charge in [-0.1, -0.05) is 0 Å². The molecule has 2 aliphatic heterocycles. The minimum Gasteiger partial charge on any atom is -0.342 e. The van der Waals surface area contributed by atoms with Gasteiger partial charge >= 0.3 is 0 Å². The fourth-order valence-electron chi connectivity index (χ4n) is 1.05. The quantitative estimate of drug-likeness (QED) is 0.285. The Morgan fingerprint density at radius 2 is 1.55 bits per heavy atom. The van der Waals surface area contributed by atoms with Crippen LogP contribution in [0.4, 0.5) is 0 Å². The fraction of sp³-hybridized carbons (Fsp3) is 0.500. The zero-order valence-electron chi connectivity index (χ0n) is 5.47. The molecule has 2 rings (SSSR count). The van der Waals surface area contributed by atoms with Gasteiger partial charge in [-0.25, -0.2) is 5.43 Å². The number of thiocarbonyl (C=S) groups is 2. The summed E-state index contributed by atoms with van der Waals surface area (Å²) in [6.07, 6.45) is 0.116. The van der Waals surface area contributed by atoms with Crippen molar-refractivity contribution in [3.05, 3.63) is 0 Å². The highest BCUT2D eigenvalue weighted by molar-refractivity contribution is 7.80. The Morgan fingerprint density at radius 1 is 0.909 bits per heavy atom. The minimum absolute atomic E-state index is 0.0521. The van der Waals surface area contributed by atoms with Crippen molar-refractivity contribution in [2.75, 3.05) is 0 Å². The van der Waals surface area contributed by atoms with E-state index in [1.165, 1.54) is 0 Å². The van der Waals surface area contributed by atoms with E-state index in [1.807, 2.05) is 0 Å². The Kier molecular flexibility index (Phi) is 1.55. The SMILES string of the molecule is S=C1NNC2NC(=S)NC2N1. The topological polar surface area (TPSA) is 60.1 Å². The van der Waals surface area contributed by atoms with Gasteiger partial charge in [-0.3, -0.25) is 5.43 Å². The Labute approximate surface area is 74.3 Å². The number of fused-ring (bicyclic) bond motifs is 1. The van der Waals surface area contributed by atoms with Gasteiger partial charge in [0, 0.05) is 0 Å². The molecule has 0 aromatic carbocycles. The van der Waals surface area contributed by atoms with Crippen LogP contribution in [0.25, 0.3) is 0 Å². The summed E-state index contributed by atoms with van der Waals surface area (Å²) in [5.41, 5.74) is 5.73. The van der Waals surface area contributed by atoms with E-state index in [1.54, 1.807) is 0 Å². The average molecular weight is 189 g/mol. The van der Waals surface area contributed by atoms with Crippen molar-refractivity contribution < 1.29 is 0 Å². The molecule has 11 heavy (non-hydrogen) atoms. The Hall–Kier alpha value is -0.660. The third-order valence-electron chi connectivity index (χ3n) is 1.53. The zero-order chi connectivity index (χ0) is 7.84. The summed E-state index contributed by atoms with van der Waals surface area (Å²) < 4.78 is 0. The van der Waals surface area contributed by atoms with Crippen LogP contribution in [0.5, 0.6) is 0 Å². The molecule has 2 atom stereocenters. The van der Waals surface area contributed by atoms with Crippen molar-refractivity contribution in [3.63, 3.8) is 0 Å². The van der Waals surface area contributed by atoms with Gasteiger partial charge in [0.25, 0.3) is 0 Å². The Bertz CT molecular complexity index is 215. The van der Waals surface area contributed by atoms with Gasteiger partial charge in [-0.05, 0) is 24.4 Å². The van der Waals surface area contributed by atoms with Crippen LogP contribution in [0.1, 0.15) is 0 Å². The first-order valence-corrected chi connectivity index (χ1v) is 3.96. The first-order chi connectivity index (χ1) is 5.25. The summed E-state index contributed by atoms with van der Waals surface area (Å²) in [4.78, 5) is 0. The maximum absolute atomic E-state index is 4.90. The van der Waals surface area contributed by atoms with Gasteiger partial charge in [-0.2, -0.15) is 0 Å². The van der Waals surface area contributed by atoms with Gasteiger partial charge in [-0.15, -0.1) is 0 Å². The molecule has 0 aliphatic carbocycles. The highest BCUT2D eigenvalue weighted by atomic mass is 32.1. The van der Waals surface area contributed by atoms with Crippen molar-refractivity contribution in [2.24, 2.45) is 0 Å². The third-order valence-corrected chi connectivity index (χ3v) is 1.99. The first kappa shape index (κ1) is 7.01. The maximum Gasteiger partial charge on any atom is 0.182 e. The van der Waals surface area contributed by atoms with E-state index in [2.05, 4.69) is 26.8 Å². The molecule has 0 bridgehead atoms. The van der Waals surface area contributed by atoms with Crippen molar-refractivity contribution in [2.45, 2.75) is 12.3 Å². The van der Waals surface area contributed by atoms with Gasteiger partial charge in [0.1, 0.15) is 12.3 Å². The molecule has 0 saturated carbocycles. The van der Waals surface area contributed by atoms with Crippen LogP contribution in [-0.4, -0.2) is 22.6 Å². The summed E-state index contributed by atoms with van der Waals surface area (Å²) >= 11 is 9.77. The number of hydrazine groups is 1. The predicted molar refractivity (Wildman–Crippen MR) is 48.5 cm³/mol. The number of hydrogen-bond acceptors (Lipinski definition) is 3. The molecule has 5 nitrogen and oxygen atoms in total. The van der Waals surface area contributed by atoms with Crippen LogP contribution in [0.15, 0.2) is 0 Å². The van der Waals surface area contributed by atoms with E-state index < -0.39 is 0 Å². The second kappa shape index (κ2) is 2.43. The molecule has 0 radical (unpaired) electrons. The number of nitrogens with one attached hydrogen (secondary N) is 5. The summed E-state index contributed by atoms with van der Waals surface area (Å²) in [6.45, 7) is 0. The fourth-order valence-corrected chi connectivity index (χ4v) is 1.49. The summed E-state index contributed by atoms with van der Waals surface area (Å²) in [5, 5.41) is 10.2. The molecule has 2 aliphatic rings. The lowest BCUT2D eigenvalue weighted by atomic mass is 10.4. The normalized spacial score (nSPS) is 34.5. The first-order valence-electron chi connectivity index (χ1n) is 3.15. The average Bonchev–Trinajstić information content (AvgIpc) is 2.27. The van der Waals surface area contributed by atoms with Gasteiger partial charge in [0.05, 0.1) is 0 Å². The monoisotopic (exact) mass is 189 g/mol. The van der Waals surface area contributed by atoms with Crippen molar-refractivity contribution in [1.82, 2.24) is 26.8 Å². The van der Waals surface area contributed by atoms with Gasteiger partial charge < -0.3 is 16.0 Å².